The number of fused-ring (bicyclic) bond motifs is 5. The Labute approximate surface area is 248 Å². The summed E-state index contributed by atoms with van der Waals surface area (Å²) in [5, 5.41) is 37.2. The second-order valence-electron chi connectivity index (χ2n) is 15.3. The minimum Gasteiger partial charge on any atom is -0.307 e. The molecule has 1 fully saturated rings. The highest BCUT2D eigenvalue weighted by Gasteiger charge is 2.61. The van der Waals surface area contributed by atoms with Gasteiger partial charge in [-0.2, -0.15) is 5.26 Å². The fourth-order valence-electron chi connectivity index (χ4n) is 14.0. The molecule has 0 bridgehead atoms. The highest BCUT2D eigenvalue weighted by atomic mass is 14.8. The second kappa shape index (κ2) is 5.04. The standard InChI is InChI=1S/C42H16N2/c1-44-42-19(10-43)20-17-8-6-15-13-4-2-11-12-3-5-14-16-7-9-18-28-26(16)33-24(14)22(12)31-21(11)23(13)32-25(15)27(17)34-30(20)36(29(18)42)35(28)41-39(33)37(31)38(32)40(34)41/h2-9,13,15,17,19,23,25,27,42H. The Morgan fingerprint density at radius 2 is 1.30 bits per heavy atom. The molecule has 0 amide bonds. The molecule has 0 radical (unpaired) electrons. The van der Waals surface area contributed by atoms with E-state index in [1.165, 1.54) is 86.4 Å². The zero-order chi connectivity index (χ0) is 27.5. The lowest BCUT2D eigenvalue weighted by atomic mass is 9.64. The van der Waals surface area contributed by atoms with Gasteiger partial charge in [-0.25, -0.2) is 6.57 Å². The van der Waals surface area contributed by atoms with Crippen LogP contribution >= 0.6 is 0 Å². The molecule has 0 aliphatic heterocycles. The average Bonchev–Trinajstić information content (AvgIpc) is 3.87. The molecule has 44 heavy (non-hydrogen) atoms. The van der Waals surface area contributed by atoms with Gasteiger partial charge in [-0.15, -0.1) is 0 Å². The van der Waals surface area contributed by atoms with Crippen molar-refractivity contribution in [1.29, 1.82) is 5.26 Å². The highest BCUT2D eigenvalue weighted by molar-refractivity contribution is 6.57. The summed E-state index contributed by atoms with van der Waals surface area (Å²) < 4.78 is 0. The Kier molecular flexibility index (Phi) is 2.20. The number of allylic oxidation sites excluding steroid dienone is 3. The Bertz CT molecular complexity index is 3340. The molecule has 2 nitrogen and oxygen atoms in total. The van der Waals surface area contributed by atoms with E-state index in [1.54, 1.807) is 38.1 Å². The van der Waals surface area contributed by atoms with Gasteiger partial charge in [0.05, 0.1) is 11.6 Å². The molecular formula is C42H16N2. The fourth-order valence-corrected chi connectivity index (χ4v) is 14.0. The van der Waals surface area contributed by atoms with Gasteiger partial charge in [0, 0.05) is 23.1 Å². The second-order valence-corrected chi connectivity index (χ2v) is 15.3. The van der Waals surface area contributed by atoms with Crippen molar-refractivity contribution in [3.8, 4) is 6.07 Å². The molecule has 8 atom stereocenters. The number of nitriles is 1. The lowest BCUT2D eigenvalue weighted by Gasteiger charge is -2.38. The first-order valence-corrected chi connectivity index (χ1v) is 16.3. The smallest absolute Gasteiger partial charge is 0.269 e. The van der Waals surface area contributed by atoms with Crippen molar-refractivity contribution in [2.45, 2.75) is 17.9 Å². The maximum Gasteiger partial charge on any atom is 0.269 e. The molecule has 0 saturated heterocycles. The van der Waals surface area contributed by atoms with Crippen LogP contribution in [0.15, 0.2) is 42.5 Å². The molecule has 0 heterocycles. The summed E-state index contributed by atoms with van der Waals surface area (Å²) in [6.07, 6.45) is 10.2. The predicted octanol–water partition coefficient (Wildman–Crippen LogP) is 8.24. The van der Waals surface area contributed by atoms with E-state index in [-0.39, 0.29) is 5.92 Å². The van der Waals surface area contributed by atoms with E-state index in [0.29, 0.717) is 29.6 Å². The van der Waals surface area contributed by atoms with Crippen LogP contribution in [0, 0.1) is 47.5 Å². The summed E-state index contributed by atoms with van der Waals surface area (Å²) in [5.74, 6) is 2.13. The van der Waals surface area contributed by atoms with E-state index < -0.39 is 12.0 Å². The Morgan fingerprint density at radius 1 is 0.591 bits per heavy atom. The molecule has 1 saturated carbocycles. The summed E-state index contributed by atoms with van der Waals surface area (Å²) in [4.78, 5) is 4.34. The number of nitrogens with zero attached hydrogens (tertiary/aromatic N) is 2. The molecule has 0 aromatic heterocycles. The third-order valence-corrected chi connectivity index (χ3v) is 14.7. The van der Waals surface area contributed by atoms with Gasteiger partial charge in [-0.1, -0.05) is 48.6 Å². The lowest BCUT2D eigenvalue weighted by Crippen LogP contribution is -2.33. The van der Waals surface area contributed by atoms with Crippen molar-refractivity contribution >= 4 is 103 Å². The molecule has 0 spiro atoms. The molecular weight excluding hydrogens is 532 g/mol. The maximum absolute atomic E-state index is 10.9. The van der Waals surface area contributed by atoms with Crippen molar-refractivity contribution in [3.05, 3.63) is 86.6 Å². The summed E-state index contributed by atoms with van der Waals surface area (Å²) >= 11 is 0. The molecule has 2 heteroatoms. The van der Waals surface area contributed by atoms with Crippen LogP contribution < -0.4 is 10.4 Å². The van der Waals surface area contributed by atoms with Crippen molar-refractivity contribution in [2.75, 3.05) is 0 Å². The fraction of sp³-hybridized carbons (Fsp3) is 0.190. The number of hydrogen-bond acceptors (Lipinski definition) is 1. The third kappa shape index (κ3) is 1.30. The predicted molar refractivity (Wildman–Crippen MR) is 176 cm³/mol. The van der Waals surface area contributed by atoms with E-state index in [1.807, 2.05) is 0 Å². The first-order chi connectivity index (χ1) is 21.8. The molecule has 9 aromatic rings. The Hall–Kier alpha value is -5.18. The molecule has 7 aliphatic carbocycles. The van der Waals surface area contributed by atoms with Gasteiger partial charge in [-0.05, 0) is 137 Å². The van der Waals surface area contributed by atoms with Gasteiger partial charge in [0.1, 0.15) is 5.92 Å². The SMILES string of the molecule is [C-]#[N+]C1c2c3ccc4c5ccc6c7c8c9c%10c%11c%12c%13c(c2c2c3c4c(c5c69)c%10c%122)=C(C1C#N)C1C=CC2C(C=C7)C8C=%11C2C%131. The van der Waals surface area contributed by atoms with E-state index >= 15 is 0 Å². The van der Waals surface area contributed by atoms with Gasteiger partial charge in [-0.3, -0.25) is 0 Å². The van der Waals surface area contributed by atoms with Crippen LogP contribution in [0.3, 0.4) is 0 Å². The van der Waals surface area contributed by atoms with E-state index in [9.17, 15) is 5.26 Å². The van der Waals surface area contributed by atoms with Gasteiger partial charge in [0.25, 0.3) is 6.04 Å². The summed E-state index contributed by atoms with van der Waals surface area (Å²) in [6.45, 7) is 8.56. The summed E-state index contributed by atoms with van der Waals surface area (Å²) in [6, 6.07) is 11.9. The van der Waals surface area contributed by atoms with Crippen LogP contribution in [-0.2, 0) is 0 Å². The molecule has 16 rings (SSSR count). The highest BCUT2D eigenvalue weighted by Crippen LogP contribution is 2.72. The molecule has 9 aromatic carbocycles. The number of hydrogen-bond donors (Lipinski definition) is 0. The van der Waals surface area contributed by atoms with Gasteiger partial charge in [0.2, 0.25) is 0 Å². The average molecular weight is 549 g/mol. The van der Waals surface area contributed by atoms with E-state index in [2.05, 4.69) is 59.5 Å². The maximum atomic E-state index is 10.9. The van der Waals surface area contributed by atoms with Gasteiger partial charge in [0.15, 0.2) is 0 Å². The number of benzene rings is 5. The zero-order valence-electron chi connectivity index (χ0n) is 23.1. The first kappa shape index (κ1) is 19.2. The Morgan fingerprint density at radius 3 is 2.14 bits per heavy atom. The normalized spacial score (nSPS) is 32.7. The monoisotopic (exact) mass is 548 g/mol. The molecule has 7 aliphatic rings. The minimum absolute atomic E-state index is 0.222. The molecule has 194 valence electrons. The van der Waals surface area contributed by atoms with Crippen LogP contribution in [0.1, 0.15) is 40.1 Å². The summed E-state index contributed by atoms with van der Waals surface area (Å²) in [7, 11) is 0. The van der Waals surface area contributed by atoms with Crippen molar-refractivity contribution in [1.82, 2.24) is 0 Å². The number of rotatable bonds is 0. The van der Waals surface area contributed by atoms with Crippen molar-refractivity contribution in [2.24, 2.45) is 29.6 Å². The van der Waals surface area contributed by atoms with Crippen LogP contribution in [0.4, 0.5) is 0 Å². The van der Waals surface area contributed by atoms with Crippen LogP contribution in [-0.4, -0.2) is 0 Å². The van der Waals surface area contributed by atoms with Crippen LogP contribution in [0.25, 0.3) is 108 Å². The van der Waals surface area contributed by atoms with Crippen molar-refractivity contribution in [3.63, 3.8) is 0 Å². The zero-order valence-corrected chi connectivity index (χ0v) is 23.1. The lowest BCUT2D eigenvalue weighted by molar-refractivity contribution is 0.343. The van der Waals surface area contributed by atoms with Crippen LogP contribution in [0.5, 0.6) is 0 Å². The van der Waals surface area contributed by atoms with Crippen molar-refractivity contribution < 1.29 is 0 Å². The van der Waals surface area contributed by atoms with Gasteiger partial charge < -0.3 is 4.85 Å². The van der Waals surface area contributed by atoms with E-state index in [4.69, 9.17) is 6.57 Å². The third-order valence-electron chi connectivity index (χ3n) is 14.7. The Balaban J connectivity index is 1.42. The largest absolute Gasteiger partial charge is 0.307 e. The molecule has 8 unspecified atom stereocenters. The van der Waals surface area contributed by atoms with E-state index in [0.717, 1.165) is 5.56 Å². The van der Waals surface area contributed by atoms with Crippen LogP contribution in [0.2, 0.25) is 0 Å². The first-order valence-electron chi connectivity index (χ1n) is 16.3. The van der Waals surface area contributed by atoms with Gasteiger partial charge >= 0.3 is 0 Å². The molecule has 0 N–H and O–H groups in total. The summed E-state index contributed by atoms with van der Waals surface area (Å²) in [5.41, 5.74) is 8.89. The minimum atomic E-state index is -0.449. The topological polar surface area (TPSA) is 28.1 Å². The quantitative estimate of drug-likeness (QED) is 0.107.